The maximum Gasteiger partial charge on any atom is 0.270 e. The minimum Gasteiger partial charge on any atom is -0.278 e. The quantitative estimate of drug-likeness (QED) is 0.745. The van der Waals surface area contributed by atoms with Gasteiger partial charge >= 0.3 is 0 Å². The van der Waals surface area contributed by atoms with Gasteiger partial charge in [0.15, 0.2) is 0 Å². The molecule has 15 heavy (non-hydrogen) atoms. The van der Waals surface area contributed by atoms with Gasteiger partial charge in [-0.15, -0.1) is 11.3 Å². The van der Waals surface area contributed by atoms with E-state index in [1.54, 1.807) is 6.07 Å². The van der Waals surface area contributed by atoms with Crippen LogP contribution >= 0.6 is 27.3 Å². The number of carbonyl (C=O) groups excluding carboxylic acids is 2. The third-order valence-electron chi connectivity index (χ3n) is 2.35. The molecule has 5 heteroatoms. The molecule has 3 nitrogen and oxygen atoms in total. The van der Waals surface area contributed by atoms with Crippen LogP contribution in [0.2, 0.25) is 0 Å². The first-order chi connectivity index (χ1) is 7.08. The molecule has 1 aliphatic heterocycles. The summed E-state index contributed by atoms with van der Waals surface area (Å²) in [5.74, 6) is 0.0573. The van der Waals surface area contributed by atoms with Crippen LogP contribution < -0.4 is 0 Å². The van der Waals surface area contributed by atoms with E-state index >= 15 is 0 Å². The molecule has 80 valence electrons. The summed E-state index contributed by atoms with van der Waals surface area (Å²) in [6.07, 6.45) is 0.484. The molecule has 1 saturated heterocycles. The van der Waals surface area contributed by atoms with Crippen molar-refractivity contribution < 1.29 is 9.59 Å². The van der Waals surface area contributed by atoms with E-state index in [0.29, 0.717) is 17.8 Å². The second-order valence-corrected chi connectivity index (χ2v) is 6.19. The molecule has 0 saturated carbocycles. The van der Waals surface area contributed by atoms with Gasteiger partial charge in [-0.05, 0) is 34.0 Å². The van der Waals surface area contributed by atoms with Crippen molar-refractivity contribution in [3.63, 3.8) is 0 Å². The van der Waals surface area contributed by atoms with E-state index in [1.807, 2.05) is 13.0 Å². The zero-order valence-corrected chi connectivity index (χ0v) is 10.6. The molecule has 1 aliphatic rings. The number of hydrogen-bond donors (Lipinski definition) is 0. The Labute approximate surface area is 100 Å². The summed E-state index contributed by atoms with van der Waals surface area (Å²) >= 11 is 4.66. The Hall–Kier alpha value is -0.680. The van der Waals surface area contributed by atoms with Gasteiger partial charge in [-0.2, -0.15) is 0 Å². The van der Waals surface area contributed by atoms with Crippen LogP contribution in [-0.4, -0.2) is 23.3 Å². The van der Waals surface area contributed by atoms with Crippen molar-refractivity contribution in [3.05, 3.63) is 20.8 Å². The molecule has 2 rings (SSSR count). The second kappa shape index (κ2) is 4.06. The fourth-order valence-corrected chi connectivity index (χ4v) is 2.98. The molecule has 1 aromatic heterocycles. The van der Waals surface area contributed by atoms with Crippen LogP contribution in [0.25, 0.3) is 0 Å². The Bertz CT molecular complexity index is 415. The Morgan fingerprint density at radius 2 is 2.33 bits per heavy atom. The van der Waals surface area contributed by atoms with Crippen molar-refractivity contribution in [3.8, 4) is 0 Å². The Balaban J connectivity index is 2.18. The molecule has 0 radical (unpaired) electrons. The molecule has 1 atom stereocenters. The van der Waals surface area contributed by atoms with Crippen LogP contribution in [0.15, 0.2) is 15.9 Å². The Morgan fingerprint density at radius 3 is 2.80 bits per heavy atom. The lowest BCUT2D eigenvalue weighted by Gasteiger charge is -2.12. The highest BCUT2D eigenvalue weighted by Crippen LogP contribution is 2.26. The van der Waals surface area contributed by atoms with Crippen LogP contribution in [0, 0.1) is 5.92 Å². The van der Waals surface area contributed by atoms with E-state index in [9.17, 15) is 9.59 Å². The van der Waals surface area contributed by atoms with Crippen molar-refractivity contribution in [1.29, 1.82) is 0 Å². The van der Waals surface area contributed by atoms with E-state index in [1.165, 1.54) is 16.2 Å². The summed E-state index contributed by atoms with van der Waals surface area (Å²) in [5, 5.41) is 0. The van der Waals surface area contributed by atoms with Crippen LogP contribution in [0.5, 0.6) is 0 Å². The number of halogens is 1. The number of carbonyl (C=O) groups is 2. The van der Waals surface area contributed by atoms with Crippen molar-refractivity contribution in [1.82, 2.24) is 4.90 Å². The summed E-state index contributed by atoms with van der Waals surface area (Å²) < 4.78 is 0.908. The number of likely N-dealkylation sites (tertiary alicyclic amines) is 1. The van der Waals surface area contributed by atoms with E-state index in [4.69, 9.17) is 0 Å². The molecule has 0 aromatic carbocycles. The van der Waals surface area contributed by atoms with E-state index in [0.717, 1.165) is 3.79 Å². The molecular weight excluding hydrogens is 278 g/mol. The maximum atomic E-state index is 11.9. The largest absolute Gasteiger partial charge is 0.278 e. The fraction of sp³-hybridized carbons (Fsp3) is 0.400. The molecule has 0 spiro atoms. The number of imide groups is 1. The zero-order valence-electron chi connectivity index (χ0n) is 8.20. The highest BCUT2D eigenvalue weighted by atomic mass is 79.9. The number of amides is 2. The average Bonchev–Trinajstić information content (AvgIpc) is 2.71. The van der Waals surface area contributed by atoms with Gasteiger partial charge in [-0.25, -0.2) is 0 Å². The SMILES string of the molecule is CC1CC(=O)N(C(=O)c2ccc(Br)s2)C1. The Morgan fingerprint density at radius 1 is 1.60 bits per heavy atom. The monoisotopic (exact) mass is 287 g/mol. The number of thiophene rings is 1. The van der Waals surface area contributed by atoms with Crippen LogP contribution in [0.4, 0.5) is 0 Å². The van der Waals surface area contributed by atoms with E-state index in [2.05, 4.69) is 15.9 Å². The number of rotatable bonds is 1. The predicted molar refractivity (Wildman–Crippen MR) is 61.8 cm³/mol. The van der Waals surface area contributed by atoms with Crippen LogP contribution in [0.3, 0.4) is 0 Å². The van der Waals surface area contributed by atoms with Gasteiger partial charge in [-0.3, -0.25) is 14.5 Å². The summed E-state index contributed by atoms with van der Waals surface area (Å²) in [6.45, 7) is 2.53. The predicted octanol–water partition coefficient (Wildman–Crippen LogP) is 2.52. The second-order valence-electron chi connectivity index (χ2n) is 3.72. The molecule has 1 fully saturated rings. The van der Waals surface area contributed by atoms with Crippen molar-refractivity contribution in [2.24, 2.45) is 5.92 Å². The number of hydrogen-bond acceptors (Lipinski definition) is 3. The summed E-state index contributed by atoms with van der Waals surface area (Å²) in [6, 6.07) is 3.56. The molecule has 1 unspecified atom stereocenters. The lowest BCUT2D eigenvalue weighted by atomic mass is 10.2. The lowest BCUT2D eigenvalue weighted by molar-refractivity contribution is -0.125. The summed E-state index contributed by atoms with van der Waals surface area (Å²) in [4.78, 5) is 25.4. The first-order valence-corrected chi connectivity index (χ1v) is 6.29. The first-order valence-electron chi connectivity index (χ1n) is 4.68. The molecular formula is C10H10BrNO2S. The summed E-state index contributed by atoms with van der Waals surface area (Å²) in [7, 11) is 0. The fourth-order valence-electron chi connectivity index (χ4n) is 1.64. The minimum atomic E-state index is -0.167. The molecule has 2 heterocycles. The third kappa shape index (κ3) is 2.13. The zero-order chi connectivity index (χ0) is 11.0. The molecule has 0 aliphatic carbocycles. The van der Waals surface area contributed by atoms with Gasteiger partial charge in [-0.1, -0.05) is 6.92 Å². The van der Waals surface area contributed by atoms with Gasteiger partial charge in [0.25, 0.3) is 5.91 Å². The maximum absolute atomic E-state index is 11.9. The van der Waals surface area contributed by atoms with Crippen molar-refractivity contribution in [2.75, 3.05) is 6.54 Å². The molecule has 1 aromatic rings. The van der Waals surface area contributed by atoms with Crippen molar-refractivity contribution >= 4 is 39.1 Å². The first kappa shape index (κ1) is 10.8. The third-order valence-corrected chi connectivity index (χ3v) is 3.96. The Kier molecular flexibility index (Phi) is 2.93. The van der Waals surface area contributed by atoms with Gasteiger partial charge in [0.2, 0.25) is 5.91 Å². The summed E-state index contributed by atoms with van der Waals surface area (Å²) in [5.41, 5.74) is 0. The normalized spacial score (nSPS) is 21.1. The van der Waals surface area contributed by atoms with Crippen LogP contribution in [0.1, 0.15) is 23.0 Å². The highest BCUT2D eigenvalue weighted by Gasteiger charge is 2.32. The molecule has 0 N–H and O–H groups in total. The standard InChI is InChI=1S/C10H10BrNO2S/c1-6-4-9(13)12(5-6)10(14)7-2-3-8(11)15-7/h2-3,6H,4-5H2,1H3. The van der Waals surface area contributed by atoms with Crippen LogP contribution in [-0.2, 0) is 4.79 Å². The van der Waals surface area contributed by atoms with Gasteiger partial charge in [0, 0.05) is 13.0 Å². The highest BCUT2D eigenvalue weighted by molar-refractivity contribution is 9.11. The van der Waals surface area contributed by atoms with Gasteiger partial charge in [0.05, 0.1) is 8.66 Å². The minimum absolute atomic E-state index is 0.0583. The van der Waals surface area contributed by atoms with E-state index in [-0.39, 0.29) is 17.7 Å². The number of nitrogens with zero attached hydrogens (tertiary/aromatic N) is 1. The smallest absolute Gasteiger partial charge is 0.270 e. The van der Waals surface area contributed by atoms with Gasteiger partial charge < -0.3 is 0 Å². The molecule has 2 amide bonds. The van der Waals surface area contributed by atoms with Crippen molar-refractivity contribution in [2.45, 2.75) is 13.3 Å². The van der Waals surface area contributed by atoms with Gasteiger partial charge in [0.1, 0.15) is 0 Å². The lowest BCUT2D eigenvalue weighted by Crippen LogP contribution is -2.31. The topological polar surface area (TPSA) is 37.4 Å². The van der Waals surface area contributed by atoms with E-state index < -0.39 is 0 Å². The molecule has 0 bridgehead atoms. The average molecular weight is 288 g/mol.